The Morgan fingerprint density at radius 2 is 1.94 bits per heavy atom. The minimum absolute atomic E-state index is 0.517. The number of pyridine rings is 1. The van der Waals surface area contributed by atoms with E-state index in [4.69, 9.17) is 0 Å². The van der Waals surface area contributed by atoms with Crippen molar-refractivity contribution in [1.82, 2.24) is 4.98 Å². The molecule has 2 aromatic rings. The van der Waals surface area contributed by atoms with Crippen LogP contribution in [0.25, 0.3) is 0 Å². The molecule has 3 heteroatoms. The van der Waals surface area contributed by atoms with Crippen molar-refractivity contribution in [2.24, 2.45) is 0 Å². The Morgan fingerprint density at radius 1 is 1.12 bits per heavy atom. The largest absolute Gasteiger partial charge is 0.366 e. The van der Waals surface area contributed by atoms with Crippen molar-refractivity contribution in [3.05, 3.63) is 58.7 Å². The Bertz CT molecular complexity index is 513. The van der Waals surface area contributed by atoms with Crippen molar-refractivity contribution in [2.75, 3.05) is 5.32 Å². The van der Waals surface area contributed by atoms with Gasteiger partial charge in [0.15, 0.2) is 0 Å². The maximum Gasteiger partial charge on any atom is 0.140 e. The molecule has 0 spiro atoms. The standard InChI is InChI=1S/C14H13BrN2/c15-12-7-4-8-16-14(12)17-13-9-11(13)10-5-2-1-3-6-10/h1-8,11,13H,9H2,(H,16,17). The summed E-state index contributed by atoms with van der Waals surface area (Å²) in [5.74, 6) is 1.57. The molecule has 0 amide bonds. The van der Waals surface area contributed by atoms with E-state index in [0.29, 0.717) is 12.0 Å². The molecule has 1 aromatic carbocycles. The molecular formula is C14H13BrN2. The topological polar surface area (TPSA) is 24.9 Å². The van der Waals surface area contributed by atoms with Crippen LogP contribution in [0.3, 0.4) is 0 Å². The predicted octanol–water partition coefficient (Wildman–Crippen LogP) is 3.81. The monoisotopic (exact) mass is 288 g/mol. The Morgan fingerprint density at radius 3 is 2.71 bits per heavy atom. The molecule has 1 N–H and O–H groups in total. The van der Waals surface area contributed by atoms with Gasteiger partial charge in [0.2, 0.25) is 0 Å². The van der Waals surface area contributed by atoms with Gasteiger partial charge >= 0.3 is 0 Å². The molecule has 1 aliphatic rings. The first-order chi connectivity index (χ1) is 8.34. The third-order valence-electron chi connectivity index (χ3n) is 3.10. The van der Waals surface area contributed by atoms with Crippen LogP contribution in [-0.4, -0.2) is 11.0 Å². The Hall–Kier alpha value is -1.35. The van der Waals surface area contributed by atoms with E-state index in [1.807, 2.05) is 18.3 Å². The van der Waals surface area contributed by atoms with Crippen LogP contribution >= 0.6 is 15.9 Å². The SMILES string of the molecule is Brc1cccnc1NC1CC1c1ccccc1. The number of hydrogen-bond acceptors (Lipinski definition) is 2. The van der Waals surface area contributed by atoms with E-state index in [-0.39, 0.29) is 0 Å². The summed E-state index contributed by atoms with van der Waals surface area (Å²) in [6.45, 7) is 0. The van der Waals surface area contributed by atoms with Crippen molar-refractivity contribution >= 4 is 21.7 Å². The Balaban J connectivity index is 1.69. The summed E-state index contributed by atoms with van der Waals surface area (Å²) in [6.07, 6.45) is 3.00. The number of hydrogen-bond donors (Lipinski definition) is 1. The summed E-state index contributed by atoms with van der Waals surface area (Å²) in [5, 5.41) is 3.47. The summed E-state index contributed by atoms with van der Waals surface area (Å²) < 4.78 is 1.03. The van der Waals surface area contributed by atoms with Crippen molar-refractivity contribution < 1.29 is 0 Å². The van der Waals surface area contributed by atoms with Gasteiger partial charge in [0.05, 0.1) is 4.47 Å². The molecule has 86 valence electrons. The fourth-order valence-electron chi connectivity index (χ4n) is 2.09. The summed E-state index contributed by atoms with van der Waals surface area (Å²) >= 11 is 3.50. The van der Waals surface area contributed by atoms with Crippen LogP contribution in [0.2, 0.25) is 0 Å². The number of benzene rings is 1. The van der Waals surface area contributed by atoms with Crippen LogP contribution in [0, 0.1) is 0 Å². The maximum absolute atomic E-state index is 4.33. The summed E-state index contributed by atoms with van der Waals surface area (Å²) in [7, 11) is 0. The van der Waals surface area contributed by atoms with Gasteiger partial charge < -0.3 is 5.32 Å². The highest BCUT2D eigenvalue weighted by Crippen LogP contribution is 2.43. The molecule has 2 nitrogen and oxygen atoms in total. The van der Waals surface area contributed by atoms with Gasteiger partial charge in [-0.1, -0.05) is 30.3 Å². The number of nitrogens with one attached hydrogen (secondary N) is 1. The first-order valence-electron chi connectivity index (χ1n) is 5.76. The molecule has 17 heavy (non-hydrogen) atoms. The van der Waals surface area contributed by atoms with E-state index < -0.39 is 0 Å². The van der Waals surface area contributed by atoms with Crippen LogP contribution in [0.4, 0.5) is 5.82 Å². The van der Waals surface area contributed by atoms with Gasteiger partial charge in [0.1, 0.15) is 5.82 Å². The molecule has 1 aromatic heterocycles. The summed E-state index contributed by atoms with van der Waals surface area (Å²) in [6, 6.07) is 15.1. The molecule has 0 bridgehead atoms. The van der Waals surface area contributed by atoms with E-state index in [1.54, 1.807) is 0 Å². The van der Waals surface area contributed by atoms with Crippen LogP contribution in [-0.2, 0) is 0 Å². The van der Waals surface area contributed by atoms with E-state index in [0.717, 1.165) is 10.3 Å². The van der Waals surface area contributed by atoms with E-state index in [1.165, 1.54) is 12.0 Å². The summed E-state index contributed by atoms with van der Waals surface area (Å²) in [5.41, 5.74) is 1.41. The average Bonchev–Trinajstić information content (AvgIpc) is 3.13. The maximum atomic E-state index is 4.33. The lowest BCUT2D eigenvalue weighted by molar-refractivity contribution is 1.03. The van der Waals surface area contributed by atoms with Gasteiger partial charge in [-0.3, -0.25) is 0 Å². The van der Waals surface area contributed by atoms with Crippen molar-refractivity contribution in [2.45, 2.75) is 18.4 Å². The first kappa shape index (κ1) is 10.8. The smallest absolute Gasteiger partial charge is 0.140 e. The lowest BCUT2D eigenvalue weighted by Crippen LogP contribution is -2.06. The molecule has 0 aliphatic heterocycles. The second-order valence-electron chi connectivity index (χ2n) is 4.34. The number of anilines is 1. The lowest BCUT2D eigenvalue weighted by atomic mass is 10.1. The molecule has 1 heterocycles. The average molecular weight is 289 g/mol. The Labute approximate surface area is 109 Å². The number of aromatic nitrogens is 1. The molecule has 2 unspecified atom stereocenters. The molecule has 1 fully saturated rings. The molecule has 1 saturated carbocycles. The summed E-state index contributed by atoms with van der Waals surface area (Å²) in [4.78, 5) is 4.33. The van der Waals surface area contributed by atoms with Crippen LogP contribution in [0.15, 0.2) is 53.1 Å². The number of rotatable bonds is 3. The molecule has 0 saturated heterocycles. The number of halogens is 1. The highest BCUT2D eigenvalue weighted by atomic mass is 79.9. The highest BCUT2D eigenvalue weighted by Gasteiger charge is 2.38. The molecule has 2 atom stereocenters. The molecule has 0 radical (unpaired) electrons. The quantitative estimate of drug-likeness (QED) is 0.929. The van der Waals surface area contributed by atoms with E-state index in [2.05, 4.69) is 56.6 Å². The van der Waals surface area contributed by atoms with Crippen LogP contribution < -0.4 is 5.32 Å². The second kappa shape index (κ2) is 4.49. The fourth-order valence-corrected chi connectivity index (χ4v) is 2.46. The Kier molecular flexibility index (Phi) is 2.85. The minimum atomic E-state index is 0.517. The van der Waals surface area contributed by atoms with Crippen molar-refractivity contribution in [1.29, 1.82) is 0 Å². The van der Waals surface area contributed by atoms with Gasteiger partial charge in [-0.15, -0.1) is 0 Å². The van der Waals surface area contributed by atoms with Crippen molar-refractivity contribution in [3.63, 3.8) is 0 Å². The van der Waals surface area contributed by atoms with Crippen LogP contribution in [0.5, 0.6) is 0 Å². The second-order valence-corrected chi connectivity index (χ2v) is 5.19. The lowest BCUT2D eigenvalue weighted by Gasteiger charge is -2.06. The van der Waals surface area contributed by atoms with Gasteiger partial charge in [-0.25, -0.2) is 4.98 Å². The van der Waals surface area contributed by atoms with Gasteiger partial charge in [0, 0.05) is 18.2 Å². The molecule has 3 rings (SSSR count). The van der Waals surface area contributed by atoms with Gasteiger partial charge in [-0.2, -0.15) is 0 Å². The third-order valence-corrected chi connectivity index (χ3v) is 3.74. The number of nitrogens with zero attached hydrogens (tertiary/aromatic N) is 1. The fraction of sp³-hybridized carbons (Fsp3) is 0.214. The zero-order chi connectivity index (χ0) is 11.7. The minimum Gasteiger partial charge on any atom is -0.366 e. The molecular weight excluding hydrogens is 276 g/mol. The van der Waals surface area contributed by atoms with Crippen molar-refractivity contribution in [3.8, 4) is 0 Å². The van der Waals surface area contributed by atoms with Gasteiger partial charge in [-0.05, 0) is 40.0 Å². The third kappa shape index (κ3) is 2.34. The normalized spacial score (nSPS) is 22.2. The highest BCUT2D eigenvalue weighted by molar-refractivity contribution is 9.10. The van der Waals surface area contributed by atoms with Gasteiger partial charge in [0.25, 0.3) is 0 Å². The van der Waals surface area contributed by atoms with E-state index >= 15 is 0 Å². The first-order valence-corrected chi connectivity index (χ1v) is 6.56. The predicted molar refractivity (Wildman–Crippen MR) is 73.1 cm³/mol. The van der Waals surface area contributed by atoms with Crippen LogP contribution in [0.1, 0.15) is 17.9 Å². The van der Waals surface area contributed by atoms with E-state index in [9.17, 15) is 0 Å². The molecule has 1 aliphatic carbocycles. The zero-order valence-corrected chi connectivity index (χ0v) is 10.9. The zero-order valence-electron chi connectivity index (χ0n) is 9.31.